The van der Waals surface area contributed by atoms with Gasteiger partial charge in [-0.25, -0.2) is 4.79 Å². The molecule has 0 amide bonds. The van der Waals surface area contributed by atoms with E-state index < -0.39 is 15.9 Å². The minimum Gasteiger partial charge on any atom is -0.423 e. The zero-order valence-corrected chi connectivity index (χ0v) is 10.5. The molecule has 0 saturated carbocycles. The zero-order chi connectivity index (χ0) is 13.5. The average molecular weight is 269 g/mol. The maximum atomic E-state index is 11.3. The summed E-state index contributed by atoms with van der Waals surface area (Å²) < 4.78 is 37.1. The molecule has 1 aromatic heterocycles. The number of hydrogen-bond acceptors (Lipinski definition) is 4. The molecule has 0 unspecified atom stereocenters. The molecule has 1 heterocycles. The Labute approximate surface area is 103 Å². The summed E-state index contributed by atoms with van der Waals surface area (Å²) >= 11 is 0. The van der Waals surface area contributed by atoms with Gasteiger partial charge >= 0.3 is 15.9 Å². The van der Waals surface area contributed by atoms with E-state index in [0.29, 0.717) is 0 Å². The van der Waals surface area contributed by atoms with Crippen LogP contribution in [0.4, 0.5) is 5.69 Å². The molecule has 2 N–H and O–H groups in total. The van der Waals surface area contributed by atoms with E-state index in [1.807, 2.05) is 4.72 Å². The van der Waals surface area contributed by atoms with Crippen molar-refractivity contribution in [3.63, 3.8) is 0 Å². The van der Waals surface area contributed by atoms with Gasteiger partial charge in [-0.3, -0.25) is 9.27 Å². The fraction of sp³-hybridized carbons (Fsp3) is 0.182. The maximum absolute atomic E-state index is 11.3. The second-order valence-electron chi connectivity index (χ2n) is 3.99. The number of hydrogen-bond donors (Lipinski definition) is 2. The summed E-state index contributed by atoms with van der Waals surface area (Å²) in [6.45, 7) is 3.52. The van der Waals surface area contributed by atoms with Crippen LogP contribution >= 0.6 is 0 Å². The fourth-order valence-corrected chi connectivity index (χ4v) is 2.35. The topological polar surface area (TPSA) is 96.6 Å². The largest absolute Gasteiger partial charge is 0.423 e. The number of aryl methyl sites for hydroxylation is 2. The molecule has 96 valence electrons. The summed E-state index contributed by atoms with van der Waals surface area (Å²) in [4.78, 5) is 11.3. The quantitative estimate of drug-likeness (QED) is 0.638. The Morgan fingerprint density at radius 3 is 2.39 bits per heavy atom. The molecule has 2 aromatic rings. The lowest BCUT2D eigenvalue weighted by molar-refractivity contribution is 0.490. The van der Waals surface area contributed by atoms with Crippen molar-refractivity contribution in [2.75, 3.05) is 4.72 Å². The van der Waals surface area contributed by atoms with E-state index in [9.17, 15) is 13.2 Å². The third-order valence-corrected chi connectivity index (χ3v) is 2.98. The Hall–Kier alpha value is -1.86. The first-order valence-electron chi connectivity index (χ1n) is 5.06. The van der Waals surface area contributed by atoms with Crippen LogP contribution in [0.25, 0.3) is 11.0 Å². The summed E-state index contributed by atoms with van der Waals surface area (Å²) in [6.07, 6.45) is 0. The van der Waals surface area contributed by atoms with E-state index in [4.69, 9.17) is 8.97 Å². The lowest BCUT2D eigenvalue weighted by Gasteiger charge is -2.08. The van der Waals surface area contributed by atoms with Gasteiger partial charge in [0.05, 0.1) is 5.69 Å². The standard InChI is InChI=1S/C11H11NO5S/c1-6-3-8(12-18(14,15)16)5-9-11(6)7(2)4-10(13)17-9/h3-5,12H,1-2H3,(H,14,15,16). The van der Waals surface area contributed by atoms with Gasteiger partial charge in [-0.15, -0.1) is 0 Å². The molecule has 0 saturated heterocycles. The molecule has 1 aromatic carbocycles. The van der Waals surface area contributed by atoms with Crippen LogP contribution in [0.5, 0.6) is 0 Å². The van der Waals surface area contributed by atoms with Crippen molar-refractivity contribution < 1.29 is 17.4 Å². The number of nitrogens with one attached hydrogen (secondary N) is 1. The first-order chi connectivity index (χ1) is 8.26. The predicted molar refractivity (Wildman–Crippen MR) is 67.1 cm³/mol. The van der Waals surface area contributed by atoms with Crippen molar-refractivity contribution in [2.45, 2.75) is 13.8 Å². The predicted octanol–water partition coefficient (Wildman–Crippen LogP) is 1.62. The summed E-state index contributed by atoms with van der Waals surface area (Å²) in [5.74, 6) is 0. The smallest absolute Gasteiger partial charge is 0.357 e. The summed E-state index contributed by atoms with van der Waals surface area (Å²) in [5.41, 5.74) is 1.38. The molecule has 0 aliphatic carbocycles. The summed E-state index contributed by atoms with van der Waals surface area (Å²) in [7, 11) is -4.35. The van der Waals surface area contributed by atoms with E-state index in [1.54, 1.807) is 19.9 Å². The lowest BCUT2D eigenvalue weighted by atomic mass is 10.1. The molecule has 0 atom stereocenters. The molecule has 7 heteroatoms. The average Bonchev–Trinajstić information content (AvgIpc) is 2.11. The fourth-order valence-electron chi connectivity index (χ4n) is 1.94. The molecule has 0 spiro atoms. The minimum absolute atomic E-state index is 0.135. The van der Waals surface area contributed by atoms with Crippen LogP contribution in [-0.4, -0.2) is 13.0 Å². The van der Waals surface area contributed by atoms with E-state index in [2.05, 4.69) is 0 Å². The molecule has 6 nitrogen and oxygen atoms in total. The zero-order valence-electron chi connectivity index (χ0n) is 9.72. The molecule has 0 radical (unpaired) electrons. The lowest BCUT2D eigenvalue weighted by Crippen LogP contribution is -2.10. The number of benzene rings is 1. The van der Waals surface area contributed by atoms with Gasteiger partial charge in [-0.2, -0.15) is 8.42 Å². The second-order valence-corrected chi connectivity index (χ2v) is 5.15. The van der Waals surface area contributed by atoms with Crippen LogP contribution in [0.1, 0.15) is 11.1 Å². The van der Waals surface area contributed by atoms with Crippen molar-refractivity contribution in [1.29, 1.82) is 0 Å². The monoisotopic (exact) mass is 269 g/mol. The Bertz CT molecular complexity index is 776. The Morgan fingerprint density at radius 1 is 1.17 bits per heavy atom. The van der Waals surface area contributed by atoms with Gasteiger partial charge in [0.15, 0.2) is 0 Å². The highest BCUT2D eigenvalue weighted by Crippen LogP contribution is 2.25. The normalized spacial score (nSPS) is 11.7. The minimum atomic E-state index is -4.35. The highest BCUT2D eigenvalue weighted by molar-refractivity contribution is 7.87. The molecular weight excluding hydrogens is 258 g/mol. The second kappa shape index (κ2) is 4.11. The van der Waals surface area contributed by atoms with Gasteiger partial charge in [0, 0.05) is 17.5 Å². The first-order valence-corrected chi connectivity index (χ1v) is 6.50. The van der Waals surface area contributed by atoms with Crippen LogP contribution in [0, 0.1) is 13.8 Å². The van der Waals surface area contributed by atoms with Crippen molar-refractivity contribution >= 4 is 27.0 Å². The number of rotatable bonds is 2. The maximum Gasteiger partial charge on any atom is 0.357 e. The summed E-state index contributed by atoms with van der Waals surface area (Å²) in [6, 6.07) is 4.26. The number of anilines is 1. The van der Waals surface area contributed by atoms with Crippen molar-refractivity contribution in [3.8, 4) is 0 Å². The molecule has 18 heavy (non-hydrogen) atoms. The SMILES string of the molecule is Cc1cc(NS(=O)(=O)O)cc2oc(=O)cc(C)c12. The third kappa shape index (κ3) is 2.52. The van der Waals surface area contributed by atoms with Gasteiger partial charge in [0.1, 0.15) is 5.58 Å². The molecule has 2 rings (SSSR count). The van der Waals surface area contributed by atoms with Gasteiger partial charge in [0.25, 0.3) is 0 Å². The molecule has 0 bridgehead atoms. The first kappa shape index (κ1) is 12.6. The third-order valence-electron chi connectivity index (χ3n) is 2.49. The van der Waals surface area contributed by atoms with Crippen molar-refractivity contribution in [2.24, 2.45) is 0 Å². The van der Waals surface area contributed by atoms with E-state index in [0.717, 1.165) is 16.5 Å². The van der Waals surface area contributed by atoms with Gasteiger partial charge in [-0.05, 0) is 31.0 Å². The van der Waals surface area contributed by atoms with Gasteiger partial charge < -0.3 is 4.42 Å². The Balaban J connectivity index is 2.73. The van der Waals surface area contributed by atoms with Crippen LogP contribution in [-0.2, 0) is 10.3 Å². The number of fused-ring (bicyclic) bond motifs is 1. The van der Waals surface area contributed by atoms with E-state index >= 15 is 0 Å². The van der Waals surface area contributed by atoms with Crippen molar-refractivity contribution in [1.82, 2.24) is 0 Å². The van der Waals surface area contributed by atoms with E-state index in [-0.39, 0.29) is 11.3 Å². The highest BCUT2D eigenvalue weighted by Gasteiger charge is 2.10. The Morgan fingerprint density at radius 2 is 1.78 bits per heavy atom. The van der Waals surface area contributed by atoms with Crippen LogP contribution < -0.4 is 10.3 Å². The molecule has 0 aliphatic heterocycles. The van der Waals surface area contributed by atoms with Gasteiger partial charge in [-0.1, -0.05) is 0 Å². The summed E-state index contributed by atoms with van der Waals surface area (Å²) in [5, 5.41) is 0.746. The van der Waals surface area contributed by atoms with Gasteiger partial charge in [0.2, 0.25) is 0 Å². The Kier molecular flexibility index (Phi) is 2.88. The van der Waals surface area contributed by atoms with Crippen LogP contribution in [0.2, 0.25) is 0 Å². The molecular formula is C11H11NO5S. The molecule has 0 aliphatic rings. The van der Waals surface area contributed by atoms with Crippen LogP contribution in [0.15, 0.2) is 27.4 Å². The highest BCUT2D eigenvalue weighted by atomic mass is 32.2. The van der Waals surface area contributed by atoms with Crippen LogP contribution in [0.3, 0.4) is 0 Å². The van der Waals surface area contributed by atoms with Crippen molar-refractivity contribution in [3.05, 3.63) is 39.7 Å². The van der Waals surface area contributed by atoms with E-state index in [1.165, 1.54) is 12.1 Å². The molecule has 0 fully saturated rings.